The van der Waals surface area contributed by atoms with Gasteiger partial charge in [0.15, 0.2) is 0 Å². The first kappa shape index (κ1) is 26.2. The molecule has 0 N–H and O–H groups in total. The second-order valence-corrected chi connectivity index (χ2v) is 9.20. The van der Waals surface area contributed by atoms with Gasteiger partial charge in [-0.3, -0.25) is 19.7 Å². The van der Waals surface area contributed by atoms with Crippen molar-refractivity contribution in [1.29, 1.82) is 0 Å². The third-order valence-corrected chi connectivity index (χ3v) is 6.25. The Balaban J connectivity index is 0.000000455. The largest absolute Gasteiger partial charge is 0.466 e. The summed E-state index contributed by atoms with van der Waals surface area (Å²) < 4.78 is 52.7. The number of hydrogen-bond donors (Lipinski definition) is 0. The Labute approximate surface area is 212 Å². The van der Waals surface area contributed by atoms with E-state index in [0.29, 0.717) is 28.8 Å². The number of hydrogen-bond acceptors (Lipinski definition) is 6. The highest BCUT2D eigenvalue weighted by Crippen LogP contribution is 2.47. The first-order valence-electron chi connectivity index (χ1n) is 11.7. The molecule has 36 heavy (non-hydrogen) atoms. The van der Waals surface area contributed by atoms with Crippen LogP contribution in [0.15, 0.2) is 52.8 Å². The van der Waals surface area contributed by atoms with E-state index in [9.17, 15) is 18.0 Å². The summed E-state index contributed by atoms with van der Waals surface area (Å²) in [5.74, 6) is 0.400. The van der Waals surface area contributed by atoms with Gasteiger partial charge >= 0.3 is 12.1 Å². The molecule has 0 amide bonds. The Morgan fingerprint density at radius 2 is 2.00 bits per heavy atom. The van der Waals surface area contributed by atoms with Gasteiger partial charge in [-0.2, -0.15) is 13.2 Å². The molecule has 2 aromatic rings. The second kappa shape index (κ2) is 10.6. The number of alkyl halides is 3. The number of halogens is 4. The summed E-state index contributed by atoms with van der Waals surface area (Å²) in [6.07, 6.45) is -1.24. The van der Waals surface area contributed by atoms with Crippen LogP contribution in [-0.2, 0) is 14.3 Å². The van der Waals surface area contributed by atoms with Gasteiger partial charge in [0.25, 0.3) is 0 Å². The number of fused-ring (bicyclic) bond motifs is 3. The lowest BCUT2D eigenvalue weighted by atomic mass is 9.96. The summed E-state index contributed by atoms with van der Waals surface area (Å²) >= 11 is 6.27. The third-order valence-electron chi connectivity index (χ3n) is 6.01. The molecule has 1 aromatic carbocycles. The zero-order chi connectivity index (χ0) is 26.0. The Kier molecular flexibility index (Phi) is 7.70. The van der Waals surface area contributed by atoms with Crippen molar-refractivity contribution < 1.29 is 27.4 Å². The minimum Gasteiger partial charge on any atom is -0.466 e. The third kappa shape index (κ3) is 5.57. The van der Waals surface area contributed by atoms with Crippen LogP contribution in [0.3, 0.4) is 0 Å². The van der Waals surface area contributed by atoms with Crippen molar-refractivity contribution in [3.63, 3.8) is 0 Å². The van der Waals surface area contributed by atoms with Crippen molar-refractivity contribution in [3.8, 4) is 0 Å². The quantitative estimate of drug-likeness (QED) is 0.440. The van der Waals surface area contributed by atoms with E-state index in [1.54, 1.807) is 31.3 Å². The number of anilines is 1. The van der Waals surface area contributed by atoms with E-state index in [2.05, 4.69) is 14.7 Å². The number of allylic oxidation sites excluding steroid dienone is 1. The molecule has 0 saturated heterocycles. The maximum absolute atomic E-state index is 14.0. The Morgan fingerprint density at radius 1 is 1.25 bits per heavy atom. The van der Waals surface area contributed by atoms with Crippen LogP contribution < -0.4 is 4.90 Å². The molecular formula is C26H27ClF3N3O3. The molecule has 2 aliphatic heterocycles. The van der Waals surface area contributed by atoms with Gasteiger partial charge in [-0.25, -0.2) is 0 Å². The number of benzene rings is 1. The number of ether oxygens (including phenoxy) is 2. The molecule has 0 radical (unpaired) electrons. The molecule has 0 unspecified atom stereocenters. The van der Waals surface area contributed by atoms with Crippen LogP contribution in [0.5, 0.6) is 0 Å². The number of aromatic nitrogens is 1. The summed E-state index contributed by atoms with van der Waals surface area (Å²) in [6.45, 7) is 5.08. The van der Waals surface area contributed by atoms with Crippen molar-refractivity contribution in [1.82, 2.24) is 4.98 Å². The molecule has 1 fully saturated rings. The van der Waals surface area contributed by atoms with E-state index in [1.807, 2.05) is 12.1 Å². The van der Waals surface area contributed by atoms with Crippen LogP contribution >= 0.6 is 11.6 Å². The number of carbonyl (C=O) groups excluding carboxylic acids is 1. The molecule has 6 nitrogen and oxygen atoms in total. The summed E-state index contributed by atoms with van der Waals surface area (Å²) in [4.78, 5) is 20.0. The summed E-state index contributed by atoms with van der Waals surface area (Å²) in [5, 5.41) is 0.436. The lowest BCUT2D eigenvalue weighted by molar-refractivity contribution is -0.140. The average molecular weight is 522 g/mol. The van der Waals surface area contributed by atoms with Crippen LogP contribution in [0.25, 0.3) is 0 Å². The van der Waals surface area contributed by atoms with Crippen LogP contribution in [0.1, 0.15) is 62.5 Å². The topological polar surface area (TPSA) is 64.0 Å². The standard InChI is InChI=1S/C22H19ClF3N3O.C4H8O2/c1-12-10-28-18-11-30-20(15-3-2-8-27-19(15)13-4-5-13)16-9-14(23)6-7-17(16)29(18)21(12)22(24,25)26;1-3-6-4(2)5/h2-3,6-9,13,20H,4-5,10-11H2,1H3;3H2,1-2H3/t20-;/m1./s1. The number of rotatable bonds is 3. The van der Waals surface area contributed by atoms with Crippen molar-refractivity contribution in [2.24, 2.45) is 4.99 Å². The van der Waals surface area contributed by atoms with Crippen molar-refractivity contribution in [3.05, 3.63) is 69.6 Å². The molecule has 1 aromatic heterocycles. The van der Waals surface area contributed by atoms with E-state index in [4.69, 9.17) is 16.3 Å². The normalized spacial score (nSPS) is 19.4. The summed E-state index contributed by atoms with van der Waals surface area (Å²) in [6, 6.07) is 8.67. The Bertz CT molecular complexity index is 1210. The number of aliphatic imine (C=N–C) groups is 1. The zero-order valence-corrected chi connectivity index (χ0v) is 21.0. The lowest BCUT2D eigenvalue weighted by Gasteiger charge is -2.33. The van der Waals surface area contributed by atoms with Gasteiger partial charge in [-0.05, 0) is 56.5 Å². The van der Waals surface area contributed by atoms with Gasteiger partial charge in [-0.1, -0.05) is 17.7 Å². The van der Waals surface area contributed by atoms with Gasteiger partial charge in [0.05, 0.1) is 18.8 Å². The van der Waals surface area contributed by atoms with Crippen molar-refractivity contribution >= 4 is 29.1 Å². The van der Waals surface area contributed by atoms with Crippen LogP contribution in [-0.4, -0.2) is 42.7 Å². The van der Waals surface area contributed by atoms with E-state index < -0.39 is 18.0 Å². The predicted octanol–water partition coefficient (Wildman–Crippen LogP) is 6.36. The minimum atomic E-state index is -4.52. The number of nitrogens with zero attached hydrogens (tertiary/aromatic N) is 3. The molecule has 0 bridgehead atoms. The van der Waals surface area contributed by atoms with Gasteiger partial charge in [0.2, 0.25) is 0 Å². The SMILES string of the molecule is CC1=C(C(F)(F)F)N2C(=NC1)CO[C@H](c1cccnc1C1CC1)c1cc(Cl)ccc12.CCOC(C)=O. The molecule has 3 heterocycles. The smallest absolute Gasteiger partial charge is 0.431 e. The minimum absolute atomic E-state index is 0.00214. The fourth-order valence-electron chi connectivity index (χ4n) is 4.41. The van der Waals surface area contributed by atoms with Crippen molar-refractivity contribution in [2.75, 3.05) is 24.7 Å². The molecule has 1 aliphatic carbocycles. The fourth-order valence-corrected chi connectivity index (χ4v) is 4.59. The highest BCUT2D eigenvalue weighted by Gasteiger charge is 2.45. The van der Waals surface area contributed by atoms with Crippen LogP contribution in [0.4, 0.5) is 18.9 Å². The second-order valence-electron chi connectivity index (χ2n) is 8.77. The molecule has 3 aliphatic rings. The molecule has 192 valence electrons. The lowest BCUT2D eigenvalue weighted by Crippen LogP contribution is -2.42. The monoisotopic (exact) mass is 521 g/mol. The van der Waals surface area contributed by atoms with Gasteiger partial charge in [0, 0.05) is 40.9 Å². The van der Waals surface area contributed by atoms with E-state index in [0.717, 1.165) is 24.1 Å². The first-order valence-corrected chi connectivity index (χ1v) is 12.1. The van der Waals surface area contributed by atoms with Gasteiger partial charge in [0.1, 0.15) is 24.2 Å². The summed E-state index contributed by atoms with van der Waals surface area (Å²) in [7, 11) is 0. The van der Waals surface area contributed by atoms with E-state index in [-0.39, 0.29) is 30.5 Å². The Morgan fingerprint density at radius 3 is 2.61 bits per heavy atom. The van der Waals surface area contributed by atoms with Gasteiger partial charge < -0.3 is 9.47 Å². The number of pyridine rings is 1. The predicted molar refractivity (Wildman–Crippen MR) is 131 cm³/mol. The molecule has 1 saturated carbocycles. The highest BCUT2D eigenvalue weighted by atomic mass is 35.5. The van der Waals surface area contributed by atoms with Gasteiger partial charge in [-0.15, -0.1) is 0 Å². The number of esters is 1. The fraction of sp³-hybridized carbons (Fsp3) is 0.423. The van der Waals surface area contributed by atoms with Crippen molar-refractivity contribution in [2.45, 2.75) is 51.8 Å². The molecule has 1 atom stereocenters. The summed E-state index contributed by atoms with van der Waals surface area (Å²) in [5.41, 5.74) is 2.26. The molecule has 0 spiro atoms. The van der Waals surface area contributed by atoms with E-state index >= 15 is 0 Å². The molecular weight excluding hydrogens is 495 g/mol. The highest BCUT2D eigenvalue weighted by molar-refractivity contribution is 6.30. The maximum atomic E-state index is 14.0. The Hall–Kier alpha value is -2.91. The number of amidine groups is 1. The molecule has 5 rings (SSSR count). The first-order chi connectivity index (χ1) is 17.1. The van der Waals surface area contributed by atoms with Crippen LogP contribution in [0.2, 0.25) is 5.02 Å². The maximum Gasteiger partial charge on any atom is 0.431 e. The van der Waals surface area contributed by atoms with Crippen LogP contribution in [0, 0.1) is 0 Å². The average Bonchev–Trinajstić information content (AvgIpc) is 3.66. The number of carbonyl (C=O) groups is 1. The zero-order valence-electron chi connectivity index (χ0n) is 20.2. The van der Waals surface area contributed by atoms with E-state index in [1.165, 1.54) is 18.7 Å². The molecule has 10 heteroatoms.